The van der Waals surface area contributed by atoms with Crippen molar-refractivity contribution in [2.75, 3.05) is 0 Å². The summed E-state index contributed by atoms with van der Waals surface area (Å²) in [5.74, 6) is -0.709. The standard InChI is InChI=1S/C18H24F3O3PSi2/c1-26(2,13-15-5-9-17(19)10-6-15)23-25(21,22)24-27(3,4)14-16-7-11-18(20)12-8-16/h5-12H,13-14H2,1-4H3. The van der Waals surface area contributed by atoms with Crippen molar-refractivity contribution in [3.8, 4) is 0 Å². The van der Waals surface area contributed by atoms with Crippen LogP contribution in [0, 0.1) is 11.6 Å². The molecule has 0 unspecified atom stereocenters. The number of benzene rings is 2. The molecule has 27 heavy (non-hydrogen) atoms. The zero-order valence-corrected chi connectivity index (χ0v) is 18.7. The van der Waals surface area contributed by atoms with Crippen LogP contribution in [0.15, 0.2) is 48.5 Å². The van der Waals surface area contributed by atoms with Crippen molar-refractivity contribution in [2.45, 2.75) is 38.3 Å². The van der Waals surface area contributed by atoms with E-state index in [1.165, 1.54) is 24.3 Å². The van der Waals surface area contributed by atoms with Gasteiger partial charge >= 0.3 is 7.91 Å². The SMILES string of the molecule is C[Si](C)(Cc1ccc(F)cc1)OP(=O)(F)O[Si](C)(C)Cc1ccc(F)cc1. The highest BCUT2D eigenvalue weighted by molar-refractivity contribution is 7.51. The molecule has 0 heterocycles. The predicted octanol–water partition coefficient (Wildman–Crippen LogP) is 6.35. The molecule has 0 fully saturated rings. The lowest BCUT2D eigenvalue weighted by atomic mass is 10.2. The first-order chi connectivity index (χ1) is 12.4. The Kier molecular flexibility index (Phi) is 6.92. The molecular weight excluding hydrogens is 408 g/mol. The summed E-state index contributed by atoms with van der Waals surface area (Å²) in [5.41, 5.74) is 1.58. The predicted molar refractivity (Wildman–Crippen MR) is 106 cm³/mol. The molecule has 2 aromatic carbocycles. The van der Waals surface area contributed by atoms with Crippen molar-refractivity contribution in [2.24, 2.45) is 0 Å². The van der Waals surface area contributed by atoms with Gasteiger partial charge in [-0.1, -0.05) is 24.3 Å². The van der Waals surface area contributed by atoms with Gasteiger partial charge in [-0.25, -0.2) is 13.3 Å². The third kappa shape index (κ3) is 7.75. The Bertz CT molecular complexity index is 746. The van der Waals surface area contributed by atoms with E-state index in [4.69, 9.17) is 8.43 Å². The molecule has 2 aromatic rings. The first-order valence-corrected chi connectivity index (χ1v) is 16.2. The van der Waals surface area contributed by atoms with E-state index < -0.39 is 24.5 Å². The lowest BCUT2D eigenvalue weighted by Gasteiger charge is -2.29. The number of rotatable bonds is 8. The van der Waals surface area contributed by atoms with Crippen molar-refractivity contribution in [3.63, 3.8) is 0 Å². The normalized spacial score (nSPS) is 13.0. The average Bonchev–Trinajstić information content (AvgIpc) is 2.49. The van der Waals surface area contributed by atoms with Crippen molar-refractivity contribution in [1.82, 2.24) is 0 Å². The third-order valence-corrected chi connectivity index (χ3v) is 12.0. The van der Waals surface area contributed by atoms with E-state index in [9.17, 15) is 17.5 Å². The van der Waals surface area contributed by atoms with Gasteiger partial charge in [-0.2, -0.15) is 0 Å². The van der Waals surface area contributed by atoms with E-state index >= 15 is 0 Å². The maximum atomic E-state index is 14.7. The molecule has 0 saturated heterocycles. The quantitative estimate of drug-likeness (QED) is 0.360. The summed E-state index contributed by atoms with van der Waals surface area (Å²) in [4.78, 5) is 0. The summed E-state index contributed by atoms with van der Waals surface area (Å²) in [7, 11) is -10.2. The first kappa shape index (κ1) is 22.1. The molecule has 2 rings (SSSR count). The molecule has 0 bridgehead atoms. The zero-order chi connectivity index (χ0) is 20.3. The van der Waals surface area contributed by atoms with Gasteiger partial charge in [0.25, 0.3) is 0 Å². The molecule has 0 atom stereocenters. The summed E-state index contributed by atoms with van der Waals surface area (Å²) >= 11 is 0. The smallest absolute Gasteiger partial charge is 0.327 e. The van der Waals surface area contributed by atoms with E-state index in [1.54, 1.807) is 50.5 Å². The molecule has 0 amide bonds. The summed E-state index contributed by atoms with van der Waals surface area (Å²) in [6, 6.07) is 12.5. The Balaban J connectivity index is 2.01. The number of halogens is 3. The molecule has 0 spiro atoms. The summed E-state index contributed by atoms with van der Waals surface area (Å²) in [5, 5.41) is 0. The molecule has 148 valence electrons. The van der Waals surface area contributed by atoms with E-state index in [0.717, 1.165) is 11.1 Å². The highest BCUT2D eigenvalue weighted by atomic mass is 31.2. The lowest BCUT2D eigenvalue weighted by molar-refractivity contribution is 0.330. The fourth-order valence-corrected chi connectivity index (χ4v) is 11.0. The summed E-state index contributed by atoms with van der Waals surface area (Å²) in [6.45, 7) is 6.95. The molecule has 0 aliphatic rings. The van der Waals surface area contributed by atoms with Gasteiger partial charge in [0.15, 0.2) is 0 Å². The summed E-state index contributed by atoms with van der Waals surface area (Å²) < 4.78 is 63.8. The minimum Gasteiger partial charge on any atom is -0.327 e. The highest BCUT2D eigenvalue weighted by Gasteiger charge is 2.41. The van der Waals surface area contributed by atoms with Crippen LogP contribution < -0.4 is 0 Å². The Labute approximate surface area is 160 Å². The molecule has 0 aliphatic heterocycles. The maximum Gasteiger partial charge on any atom is 0.493 e. The van der Waals surface area contributed by atoms with Crippen molar-refractivity contribution < 1.29 is 26.0 Å². The van der Waals surface area contributed by atoms with Gasteiger partial charge in [0.2, 0.25) is 16.6 Å². The molecule has 0 radical (unpaired) electrons. The first-order valence-electron chi connectivity index (χ1n) is 8.56. The minimum absolute atomic E-state index is 0.354. The van der Waals surface area contributed by atoms with Crippen LogP contribution >= 0.6 is 7.91 Å². The van der Waals surface area contributed by atoms with Crippen LogP contribution in [0.25, 0.3) is 0 Å². The van der Waals surface area contributed by atoms with Crippen LogP contribution in [0.1, 0.15) is 11.1 Å². The monoisotopic (exact) mass is 432 g/mol. The van der Waals surface area contributed by atoms with E-state index in [0.29, 0.717) is 12.1 Å². The van der Waals surface area contributed by atoms with Crippen LogP contribution in [0.3, 0.4) is 0 Å². The zero-order valence-electron chi connectivity index (χ0n) is 15.8. The lowest BCUT2D eigenvalue weighted by Crippen LogP contribution is -2.36. The van der Waals surface area contributed by atoms with Gasteiger partial charge in [-0.05, 0) is 73.7 Å². The Morgan fingerprint density at radius 3 is 1.33 bits per heavy atom. The second-order valence-corrected chi connectivity index (χ2v) is 17.8. The summed E-state index contributed by atoms with van der Waals surface area (Å²) in [6.07, 6.45) is 0. The van der Waals surface area contributed by atoms with Crippen LogP contribution in [-0.2, 0) is 25.1 Å². The van der Waals surface area contributed by atoms with E-state index in [-0.39, 0.29) is 11.6 Å². The van der Waals surface area contributed by atoms with Gasteiger partial charge in [0, 0.05) is 0 Å². The molecule has 0 aromatic heterocycles. The van der Waals surface area contributed by atoms with Gasteiger partial charge in [-0.3, -0.25) is 0 Å². The van der Waals surface area contributed by atoms with Crippen LogP contribution in [0.2, 0.25) is 26.2 Å². The second kappa shape index (κ2) is 8.45. The molecule has 0 aliphatic carbocycles. The van der Waals surface area contributed by atoms with Crippen molar-refractivity contribution in [1.29, 1.82) is 0 Å². The van der Waals surface area contributed by atoms with Gasteiger partial charge < -0.3 is 8.43 Å². The molecule has 0 N–H and O–H groups in total. The highest BCUT2D eigenvalue weighted by Crippen LogP contribution is 2.55. The van der Waals surface area contributed by atoms with Gasteiger partial charge in [0.05, 0.1) is 0 Å². The van der Waals surface area contributed by atoms with Crippen LogP contribution in [0.5, 0.6) is 0 Å². The largest absolute Gasteiger partial charge is 0.493 e. The van der Waals surface area contributed by atoms with Crippen molar-refractivity contribution in [3.05, 3.63) is 71.3 Å². The average molecular weight is 433 g/mol. The number of hydrogen-bond acceptors (Lipinski definition) is 3. The Morgan fingerprint density at radius 1 is 0.741 bits per heavy atom. The molecular formula is C18H24F3O3PSi2. The van der Waals surface area contributed by atoms with Gasteiger partial charge in [0.1, 0.15) is 11.6 Å². The third-order valence-electron chi connectivity index (χ3n) is 3.80. The van der Waals surface area contributed by atoms with Crippen LogP contribution in [0.4, 0.5) is 13.0 Å². The minimum atomic E-state index is -4.75. The van der Waals surface area contributed by atoms with Gasteiger partial charge in [-0.15, -0.1) is 4.20 Å². The van der Waals surface area contributed by atoms with Crippen LogP contribution in [-0.4, -0.2) is 16.6 Å². The molecule has 0 saturated carbocycles. The maximum absolute atomic E-state index is 14.7. The molecule has 3 nitrogen and oxygen atoms in total. The Hall–Kier alpha value is -1.19. The number of hydrogen-bond donors (Lipinski definition) is 0. The Morgan fingerprint density at radius 2 is 1.04 bits per heavy atom. The fourth-order valence-electron chi connectivity index (χ4n) is 2.86. The van der Waals surface area contributed by atoms with Crippen molar-refractivity contribution >= 4 is 24.5 Å². The molecule has 9 heteroatoms. The fraction of sp³-hybridized carbons (Fsp3) is 0.333. The van der Waals surface area contributed by atoms with E-state index in [2.05, 4.69) is 0 Å². The topological polar surface area (TPSA) is 35.5 Å². The van der Waals surface area contributed by atoms with E-state index in [1.807, 2.05) is 0 Å². The second-order valence-electron chi connectivity index (χ2n) is 7.74.